The van der Waals surface area contributed by atoms with Crippen LogP contribution in [0.5, 0.6) is 0 Å². The molecule has 0 radical (unpaired) electrons. The maximum Gasteiger partial charge on any atom is 0.244 e. The van der Waals surface area contributed by atoms with Gasteiger partial charge in [-0.25, -0.2) is 0 Å². The Labute approximate surface area is 109 Å². The predicted octanol–water partition coefficient (Wildman–Crippen LogP) is 2.11. The van der Waals surface area contributed by atoms with E-state index in [2.05, 4.69) is 38.2 Å². The van der Waals surface area contributed by atoms with Crippen LogP contribution in [0.25, 0.3) is 6.08 Å². The van der Waals surface area contributed by atoms with Crippen molar-refractivity contribution in [1.82, 2.24) is 5.32 Å². The van der Waals surface area contributed by atoms with Gasteiger partial charge in [-0.15, -0.1) is 0 Å². The predicted molar refractivity (Wildman–Crippen MR) is 74.3 cm³/mol. The molecule has 0 aliphatic heterocycles. The Morgan fingerprint density at radius 3 is 2.39 bits per heavy atom. The average molecular weight is 247 g/mol. The second kappa shape index (κ2) is 6.36. The number of amides is 1. The Morgan fingerprint density at radius 1 is 1.28 bits per heavy atom. The Balaban J connectivity index is 2.64. The van der Waals surface area contributed by atoms with E-state index in [-0.39, 0.29) is 24.5 Å². The van der Waals surface area contributed by atoms with Gasteiger partial charge >= 0.3 is 0 Å². The maximum atomic E-state index is 11.3. The second-order valence-corrected chi connectivity index (χ2v) is 5.22. The summed E-state index contributed by atoms with van der Waals surface area (Å²) in [5, 5.41) is 11.1. The van der Waals surface area contributed by atoms with Crippen LogP contribution in [0.1, 0.15) is 31.9 Å². The number of aliphatic hydroxyl groups is 1. The molecule has 0 spiro atoms. The van der Waals surface area contributed by atoms with E-state index in [4.69, 9.17) is 5.11 Å². The molecule has 0 fully saturated rings. The zero-order valence-electron chi connectivity index (χ0n) is 11.2. The summed E-state index contributed by atoms with van der Waals surface area (Å²) in [6.45, 7) is 6.74. The fourth-order valence-electron chi connectivity index (χ4n) is 1.50. The lowest BCUT2D eigenvalue weighted by atomic mass is 9.87. The van der Waals surface area contributed by atoms with Crippen LogP contribution in [0, 0.1) is 0 Å². The van der Waals surface area contributed by atoms with Crippen molar-refractivity contribution in [3.8, 4) is 0 Å². The molecule has 1 aromatic rings. The molecule has 3 heteroatoms. The first kappa shape index (κ1) is 14.5. The van der Waals surface area contributed by atoms with E-state index in [1.807, 2.05) is 12.1 Å². The largest absolute Gasteiger partial charge is 0.395 e. The Kier molecular flexibility index (Phi) is 5.10. The fraction of sp³-hybridized carbons (Fsp3) is 0.400. The van der Waals surface area contributed by atoms with Crippen LogP contribution in [-0.2, 0) is 10.2 Å². The molecule has 0 heterocycles. The van der Waals surface area contributed by atoms with Crippen molar-refractivity contribution in [2.45, 2.75) is 26.2 Å². The van der Waals surface area contributed by atoms with Crippen LogP contribution in [0.4, 0.5) is 0 Å². The number of aliphatic hydroxyl groups excluding tert-OH is 1. The first-order chi connectivity index (χ1) is 8.43. The number of carbonyl (C=O) groups is 1. The van der Waals surface area contributed by atoms with Gasteiger partial charge in [-0.1, -0.05) is 45.0 Å². The zero-order chi connectivity index (χ0) is 13.6. The van der Waals surface area contributed by atoms with Crippen LogP contribution in [-0.4, -0.2) is 24.2 Å². The number of benzene rings is 1. The van der Waals surface area contributed by atoms with Crippen LogP contribution < -0.4 is 5.32 Å². The number of carbonyl (C=O) groups excluding carboxylic acids is 1. The molecule has 0 aliphatic carbocycles. The number of nitrogens with one attached hydrogen (secondary N) is 1. The van der Waals surface area contributed by atoms with Crippen molar-refractivity contribution in [3.63, 3.8) is 0 Å². The summed E-state index contributed by atoms with van der Waals surface area (Å²) in [5.41, 5.74) is 2.40. The lowest BCUT2D eigenvalue weighted by Crippen LogP contribution is -2.24. The van der Waals surface area contributed by atoms with Crippen LogP contribution >= 0.6 is 0 Å². The lowest BCUT2D eigenvalue weighted by Gasteiger charge is -2.18. The minimum atomic E-state index is -0.191. The Morgan fingerprint density at radius 2 is 1.89 bits per heavy atom. The van der Waals surface area contributed by atoms with Crippen molar-refractivity contribution in [1.29, 1.82) is 0 Å². The summed E-state index contributed by atoms with van der Waals surface area (Å²) >= 11 is 0. The molecule has 0 saturated carbocycles. The maximum absolute atomic E-state index is 11.3. The second-order valence-electron chi connectivity index (χ2n) is 5.22. The van der Waals surface area contributed by atoms with Gasteiger partial charge in [0.2, 0.25) is 5.91 Å². The molecule has 2 N–H and O–H groups in total. The number of hydrogen-bond acceptors (Lipinski definition) is 2. The van der Waals surface area contributed by atoms with E-state index in [1.165, 1.54) is 11.6 Å². The van der Waals surface area contributed by atoms with Crippen LogP contribution in [0.2, 0.25) is 0 Å². The molecule has 18 heavy (non-hydrogen) atoms. The minimum Gasteiger partial charge on any atom is -0.395 e. The third-order valence-corrected chi connectivity index (χ3v) is 2.61. The van der Waals surface area contributed by atoms with E-state index in [1.54, 1.807) is 6.08 Å². The molecule has 0 bridgehead atoms. The quantitative estimate of drug-likeness (QED) is 0.801. The van der Waals surface area contributed by atoms with E-state index < -0.39 is 0 Å². The highest BCUT2D eigenvalue weighted by molar-refractivity contribution is 5.91. The van der Waals surface area contributed by atoms with Gasteiger partial charge in [-0.2, -0.15) is 0 Å². The SMILES string of the molecule is CC(C)(C)c1ccc(/C=C/C(=O)NCCO)cc1. The summed E-state index contributed by atoms with van der Waals surface area (Å²) in [4.78, 5) is 11.3. The standard InChI is InChI=1S/C15H21NO2/c1-15(2,3)13-7-4-12(5-8-13)6-9-14(18)16-10-11-17/h4-9,17H,10-11H2,1-3H3,(H,16,18)/b9-6+. The van der Waals surface area contributed by atoms with Gasteiger partial charge in [0, 0.05) is 12.6 Å². The summed E-state index contributed by atoms with van der Waals surface area (Å²) in [6, 6.07) is 8.14. The molecule has 3 nitrogen and oxygen atoms in total. The first-order valence-electron chi connectivity index (χ1n) is 6.11. The van der Waals surface area contributed by atoms with E-state index in [0.29, 0.717) is 0 Å². The van der Waals surface area contributed by atoms with Crippen molar-refractivity contribution in [3.05, 3.63) is 41.5 Å². The highest BCUT2D eigenvalue weighted by Crippen LogP contribution is 2.22. The molecule has 0 aromatic heterocycles. The molecular weight excluding hydrogens is 226 g/mol. The topological polar surface area (TPSA) is 49.3 Å². The molecule has 1 aromatic carbocycles. The van der Waals surface area contributed by atoms with Crippen LogP contribution in [0.15, 0.2) is 30.3 Å². The highest BCUT2D eigenvalue weighted by Gasteiger charge is 2.12. The van der Waals surface area contributed by atoms with Crippen molar-refractivity contribution >= 4 is 12.0 Å². The summed E-state index contributed by atoms with van der Waals surface area (Å²) in [5.74, 6) is -0.191. The summed E-state index contributed by atoms with van der Waals surface area (Å²) < 4.78 is 0. The Bertz CT molecular complexity index is 413. The molecule has 0 aliphatic rings. The molecule has 0 saturated heterocycles. The normalized spacial score (nSPS) is 11.8. The van der Waals surface area contributed by atoms with Crippen molar-refractivity contribution < 1.29 is 9.90 Å². The van der Waals surface area contributed by atoms with Gasteiger partial charge in [0.25, 0.3) is 0 Å². The van der Waals surface area contributed by atoms with E-state index in [9.17, 15) is 4.79 Å². The van der Waals surface area contributed by atoms with Gasteiger partial charge in [-0.3, -0.25) is 4.79 Å². The van der Waals surface area contributed by atoms with Gasteiger partial charge in [0.15, 0.2) is 0 Å². The lowest BCUT2D eigenvalue weighted by molar-refractivity contribution is -0.116. The average Bonchev–Trinajstić information content (AvgIpc) is 2.33. The Hall–Kier alpha value is -1.61. The molecule has 0 unspecified atom stereocenters. The molecule has 1 amide bonds. The van der Waals surface area contributed by atoms with Gasteiger partial charge < -0.3 is 10.4 Å². The third kappa shape index (κ3) is 4.72. The fourth-order valence-corrected chi connectivity index (χ4v) is 1.50. The first-order valence-corrected chi connectivity index (χ1v) is 6.11. The smallest absolute Gasteiger partial charge is 0.244 e. The summed E-state index contributed by atoms with van der Waals surface area (Å²) in [7, 11) is 0. The monoisotopic (exact) mass is 247 g/mol. The zero-order valence-corrected chi connectivity index (χ0v) is 11.2. The van der Waals surface area contributed by atoms with Crippen molar-refractivity contribution in [2.75, 3.05) is 13.2 Å². The molecular formula is C15H21NO2. The number of hydrogen-bond donors (Lipinski definition) is 2. The van der Waals surface area contributed by atoms with Gasteiger partial charge in [-0.05, 0) is 22.6 Å². The molecule has 98 valence electrons. The summed E-state index contributed by atoms with van der Waals surface area (Å²) in [6.07, 6.45) is 3.24. The van der Waals surface area contributed by atoms with Gasteiger partial charge in [0.05, 0.1) is 6.61 Å². The van der Waals surface area contributed by atoms with E-state index in [0.717, 1.165) is 5.56 Å². The molecule has 1 rings (SSSR count). The minimum absolute atomic E-state index is 0.0418. The third-order valence-electron chi connectivity index (χ3n) is 2.61. The van der Waals surface area contributed by atoms with Gasteiger partial charge in [0.1, 0.15) is 0 Å². The van der Waals surface area contributed by atoms with Crippen LogP contribution in [0.3, 0.4) is 0 Å². The molecule has 0 atom stereocenters. The van der Waals surface area contributed by atoms with E-state index >= 15 is 0 Å². The van der Waals surface area contributed by atoms with Crippen molar-refractivity contribution in [2.24, 2.45) is 0 Å². The highest BCUT2D eigenvalue weighted by atomic mass is 16.3. The number of rotatable bonds is 4.